The van der Waals surface area contributed by atoms with E-state index < -0.39 is 18.0 Å². The number of rotatable bonds is 3. The standard InChI is InChI=1S/C11H9ClN2O4/c12-6-1-3-7(4-2-6)13-10(15)9-5-8(11(16)17)14-18-9/h1-4,9H,5H2,(H,13,15)(H,16,17). The Labute approximate surface area is 107 Å². The molecule has 2 rings (SSSR count). The Balaban J connectivity index is 1.94. The van der Waals surface area contributed by atoms with E-state index in [9.17, 15) is 9.59 Å². The van der Waals surface area contributed by atoms with Gasteiger partial charge < -0.3 is 15.3 Å². The first-order valence-electron chi connectivity index (χ1n) is 5.08. The van der Waals surface area contributed by atoms with E-state index >= 15 is 0 Å². The van der Waals surface area contributed by atoms with Gasteiger partial charge in [0.2, 0.25) is 6.10 Å². The monoisotopic (exact) mass is 268 g/mol. The minimum absolute atomic E-state index is 0.0469. The average Bonchev–Trinajstić information content (AvgIpc) is 2.81. The van der Waals surface area contributed by atoms with Gasteiger partial charge in [0.05, 0.1) is 0 Å². The zero-order valence-corrected chi connectivity index (χ0v) is 9.85. The van der Waals surface area contributed by atoms with Gasteiger partial charge in [-0.05, 0) is 24.3 Å². The highest BCUT2D eigenvalue weighted by Gasteiger charge is 2.31. The van der Waals surface area contributed by atoms with E-state index in [4.69, 9.17) is 21.5 Å². The smallest absolute Gasteiger partial charge is 0.353 e. The van der Waals surface area contributed by atoms with Crippen LogP contribution in [0.1, 0.15) is 6.42 Å². The Morgan fingerprint density at radius 2 is 2.06 bits per heavy atom. The van der Waals surface area contributed by atoms with Crippen LogP contribution in [0.15, 0.2) is 29.4 Å². The van der Waals surface area contributed by atoms with Crippen LogP contribution in [-0.2, 0) is 14.4 Å². The van der Waals surface area contributed by atoms with Gasteiger partial charge in [0.25, 0.3) is 5.91 Å². The minimum atomic E-state index is -1.18. The van der Waals surface area contributed by atoms with Crippen LogP contribution >= 0.6 is 11.6 Å². The van der Waals surface area contributed by atoms with Crippen molar-refractivity contribution in [1.29, 1.82) is 0 Å². The number of aliphatic carboxylic acids is 1. The van der Waals surface area contributed by atoms with Gasteiger partial charge in [-0.3, -0.25) is 4.79 Å². The topological polar surface area (TPSA) is 88.0 Å². The molecule has 0 saturated heterocycles. The second kappa shape index (κ2) is 5.05. The van der Waals surface area contributed by atoms with Crippen molar-refractivity contribution in [3.63, 3.8) is 0 Å². The SMILES string of the molecule is O=C(O)C1=NOC(C(=O)Nc2ccc(Cl)cc2)C1. The fourth-order valence-corrected chi connectivity index (χ4v) is 1.53. The molecule has 94 valence electrons. The highest BCUT2D eigenvalue weighted by Crippen LogP contribution is 2.16. The number of nitrogens with one attached hydrogen (secondary N) is 1. The number of oxime groups is 1. The largest absolute Gasteiger partial charge is 0.477 e. The molecule has 1 amide bonds. The molecule has 6 nitrogen and oxygen atoms in total. The third-order valence-electron chi connectivity index (χ3n) is 2.32. The van der Waals surface area contributed by atoms with Crippen molar-refractivity contribution < 1.29 is 19.5 Å². The summed E-state index contributed by atoms with van der Waals surface area (Å²) in [5.74, 6) is -1.63. The molecule has 1 aliphatic heterocycles. The van der Waals surface area contributed by atoms with Gasteiger partial charge in [0.1, 0.15) is 0 Å². The molecule has 1 heterocycles. The molecule has 1 aromatic carbocycles. The van der Waals surface area contributed by atoms with Crippen molar-refractivity contribution in [1.82, 2.24) is 0 Å². The molecule has 18 heavy (non-hydrogen) atoms. The molecule has 0 aliphatic carbocycles. The van der Waals surface area contributed by atoms with Crippen LogP contribution in [0.2, 0.25) is 5.02 Å². The quantitative estimate of drug-likeness (QED) is 0.870. The number of anilines is 1. The maximum atomic E-state index is 11.7. The maximum Gasteiger partial charge on any atom is 0.353 e. The Bertz CT molecular complexity index is 512. The van der Waals surface area contributed by atoms with Crippen LogP contribution in [0, 0.1) is 0 Å². The van der Waals surface area contributed by atoms with Crippen molar-refractivity contribution in [2.75, 3.05) is 5.32 Å². The van der Waals surface area contributed by atoms with Crippen LogP contribution < -0.4 is 5.32 Å². The molecule has 0 saturated carbocycles. The number of benzene rings is 1. The molecule has 7 heteroatoms. The van der Waals surface area contributed by atoms with E-state index in [0.29, 0.717) is 10.7 Å². The Morgan fingerprint density at radius 3 is 2.61 bits per heavy atom. The number of hydrogen-bond donors (Lipinski definition) is 2. The van der Waals surface area contributed by atoms with Crippen LogP contribution in [0.5, 0.6) is 0 Å². The van der Waals surface area contributed by atoms with Gasteiger partial charge >= 0.3 is 5.97 Å². The van der Waals surface area contributed by atoms with E-state index in [1.807, 2.05) is 0 Å². The lowest BCUT2D eigenvalue weighted by molar-refractivity contribution is -0.129. The maximum absolute atomic E-state index is 11.7. The first kappa shape index (κ1) is 12.4. The molecule has 0 radical (unpaired) electrons. The first-order chi connectivity index (χ1) is 8.56. The predicted octanol–water partition coefficient (Wildman–Crippen LogP) is 1.51. The zero-order chi connectivity index (χ0) is 13.1. The molecule has 1 atom stereocenters. The summed E-state index contributed by atoms with van der Waals surface area (Å²) in [6.07, 6.45) is -0.957. The molecule has 2 N–H and O–H groups in total. The summed E-state index contributed by atoms with van der Waals surface area (Å²) >= 11 is 5.71. The van der Waals surface area contributed by atoms with Crippen molar-refractivity contribution in [2.24, 2.45) is 5.16 Å². The van der Waals surface area contributed by atoms with Crippen LogP contribution in [0.4, 0.5) is 5.69 Å². The number of carbonyl (C=O) groups is 2. The summed E-state index contributed by atoms with van der Waals surface area (Å²) in [6.45, 7) is 0. The Morgan fingerprint density at radius 1 is 1.39 bits per heavy atom. The summed E-state index contributed by atoms with van der Waals surface area (Å²) < 4.78 is 0. The van der Waals surface area contributed by atoms with Gasteiger partial charge in [0.15, 0.2) is 5.71 Å². The summed E-state index contributed by atoms with van der Waals surface area (Å²) in [5, 5.41) is 15.1. The summed E-state index contributed by atoms with van der Waals surface area (Å²) in [6, 6.07) is 6.53. The lowest BCUT2D eigenvalue weighted by Crippen LogP contribution is -2.28. The van der Waals surface area contributed by atoms with Gasteiger partial charge in [-0.15, -0.1) is 0 Å². The van der Waals surface area contributed by atoms with Gasteiger partial charge in [-0.2, -0.15) is 0 Å². The lowest BCUT2D eigenvalue weighted by Gasteiger charge is -2.09. The van der Waals surface area contributed by atoms with Crippen molar-refractivity contribution in [3.05, 3.63) is 29.3 Å². The number of carboxylic acid groups (broad SMARTS) is 1. The highest BCUT2D eigenvalue weighted by atomic mass is 35.5. The highest BCUT2D eigenvalue weighted by molar-refractivity contribution is 6.36. The van der Waals surface area contributed by atoms with Crippen LogP contribution in [0.3, 0.4) is 0 Å². The number of carbonyl (C=O) groups excluding carboxylic acids is 1. The summed E-state index contributed by atoms with van der Waals surface area (Å²) in [5.41, 5.74) is 0.392. The molecule has 1 unspecified atom stereocenters. The third kappa shape index (κ3) is 2.78. The summed E-state index contributed by atoms with van der Waals surface area (Å²) in [7, 11) is 0. The Kier molecular flexibility index (Phi) is 3.47. The normalized spacial score (nSPS) is 17.8. The number of amides is 1. The van der Waals surface area contributed by atoms with E-state index in [-0.39, 0.29) is 12.1 Å². The average molecular weight is 269 g/mol. The van der Waals surface area contributed by atoms with Gasteiger partial charge in [0, 0.05) is 17.1 Å². The number of carboxylic acids is 1. The molecular formula is C11H9ClN2O4. The Hall–Kier alpha value is -2.08. The number of hydrogen-bond acceptors (Lipinski definition) is 4. The van der Waals surface area contributed by atoms with Gasteiger partial charge in [-0.25, -0.2) is 4.79 Å². The summed E-state index contributed by atoms with van der Waals surface area (Å²) in [4.78, 5) is 27.1. The second-order valence-corrected chi connectivity index (χ2v) is 4.07. The molecular weight excluding hydrogens is 260 g/mol. The molecule has 0 spiro atoms. The van der Waals surface area contributed by atoms with E-state index in [0.717, 1.165) is 0 Å². The minimum Gasteiger partial charge on any atom is -0.477 e. The lowest BCUT2D eigenvalue weighted by atomic mass is 10.1. The number of halogens is 1. The predicted molar refractivity (Wildman–Crippen MR) is 64.6 cm³/mol. The van der Waals surface area contributed by atoms with Crippen molar-refractivity contribution >= 4 is 34.9 Å². The molecule has 0 fully saturated rings. The fourth-order valence-electron chi connectivity index (χ4n) is 1.40. The first-order valence-corrected chi connectivity index (χ1v) is 5.46. The molecule has 0 bridgehead atoms. The van der Waals surface area contributed by atoms with E-state index in [1.165, 1.54) is 0 Å². The van der Waals surface area contributed by atoms with Crippen LogP contribution in [-0.4, -0.2) is 28.8 Å². The third-order valence-corrected chi connectivity index (χ3v) is 2.57. The molecule has 1 aliphatic rings. The number of nitrogens with zero attached hydrogens (tertiary/aromatic N) is 1. The van der Waals surface area contributed by atoms with Crippen molar-refractivity contribution in [3.8, 4) is 0 Å². The van der Waals surface area contributed by atoms with Gasteiger partial charge in [-0.1, -0.05) is 16.8 Å². The van der Waals surface area contributed by atoms with E-state index in [2.05, 4.69) is 10.5 Å². The zero-order valence-electron chi connectivity index (χ0n) is 9.09. The van der Waals surface area contributed by atoms with Crippen molar-refractivity contribution in [2.45, 2.75) is 12.5 Å². The fraction of sp³-hybridized carbons (Fsp3) is 0.182. The second-order valence-electron chi connectivity index (χ2n) is 3.64. The molecule has 1 aromatic rings. The van der Waals surface area contributed by atoms with Crippen LogP contribution in [0.25, 0.3) is 0 Å². The molecule has 0 aromatic heterocycles. The van der Waals surface area contributed by atoms with E-state index in [1.54, 1.807) is 24.3 Å².